The Morgan fingerprint density at radius 1 is 1.32 bits per heavy atom. The van der Waals surface area contributed by atoms with E-state index < -0.39 is 5.54 Å². The molecular weight excluding hydrogens is 234 g/mol. The zero-order valence-electron chi connectivity index (χ0n) is 12.3. The van der Waals surface area contributed by atoms with Crippen LogP contribution in [0.25, 0.3) is 0 Å². The first-order valence-corrected chi connectivity index (χ1v) is 7.00. The SMILES string of the molecule is CCN(CCC(N)(C#N)c1ccccc1)CC(C)C. The maximum atomic E-state index is 9.41. The van der Waals surface area contributed by atoms with Crippen molar-refractivity contribution in [1.29, 1.82) is 5.26 Å². The van der Waals surface area contributed by atoms with Crippen molar-refractivity contribution in [3.63, 3.8) is 0 Å². The number of benzene rings is 1. The number of hydrogen-bond donors (Lipinski definition) is 1. The molecule has 1 atom stereocenters. The summed E-state index contributed by atoms with van der Waals surface area (Å²) in [4.78, 5) is 2.35. The first-order chi connectivity index (χ1) is 9.01. The molecule has 0 saturated heterocycles. The second-order valence-corrected chi connectivity index (χ2v) is 5.49. The van der Waals surface area contributed by atoms with Gasteiger partial charge in [-0.25, -0.2) is 0 Å². The van der Waals surface area contributed by atoms with E-state index >= 15 is 0 Å². The van der Waals surface area contributed by atoms with Gasteiger partial charge in [0.05, 0.1) is 6.07 Å². The van der Waals surface area contributed by atoms with Crippen molar-refractivity contribution in [3.05, 3.63) is 35.9 Å². The van der Waals surface area contributed by atoms with Gasteiger partial charge in [-0.1, -0.05) is 51.1 Å². The number of nitrogens with zero attached hydrogens (tertiary/aromatic N) is 2. The summed E-state index contributed by atoms with van der Waals surface area (Å²) < 4.78 is 0. The lowest BCUT2D eigenvalue weighted by molar-refractivity contribution is 0.238. The van der Waals surface area contributed by atoms with Crippen LogP contribution in [0.1, 0.15) is 32.8 Å². The molecule has 0 fully saturated rings. The Kier molecular flexibility index (Phi) is 6.01. The molecule has 0 saturated carbocycles. The quantitative estimate of drug-likeness (QED) is 0.819. The molecule has 0 radical (unpaired) electrons. The zero-order valence-corrected chi connectivity index (χ0v) is 12.3. The summed E-state index contributed by atoms with van der Waals surface area (Å²) in [6, 6.07) is 11.9. The molecule has 3 nitrogen and oxygen atoms in total. The highest BCUT2D eigenvalue weighted by molar-refractivity contribution is 5.30. The second-order valence-electron chi connectivity index (χ2n) is 5.49. The predicted octanol–water partition coefficient (Wildman–Crippen LogP) is 2.73. The summed E-state index contributed by atoms with van der Waals surface area (Å²) in [6.45, 7) is 9.46. The van der Waals surface area contributed by atoms with Crippen LogP contribution >= 0.6 is 0 Å². The van der Waals surface area contributed by atoms with Crippen LogP contribution in [0.2, 0.25) is 0 Å². The van der Waals surface area contributed by atoms with Crippen molar-refractivity contribution in [2.75, 3.05) is 19.6 Å². The summed E-state index contributed by atoms with van der Waals surface area (Å²) in [6.07, 6.45) is 0.661. The molecule has 1 rings (SSSR count). The average Bonchev–Trinajstić information content (AvgIpc) is 2.43. The summed E-state index contributed by atoms with van der Waals surface area (Å²) in [7, 11) is 0. The first kappa shape index (κ1) is 15.7. The second kappa shape index (κ2) is 7.28. The highest BCUT2D eigenvalue weighted by atomic mass is 15.1. The molecule has 0 aliphatic carbocycles. The van der Waals surface area contributed by atoms with Crippen LogP contribution in [0.5, 0.6) is 0 Å². The van der Waals surface area contributed by atoms with Gasteiger partial charge < -0.3 is 10.6 Å². The van der Waals surface area contributed by atoms with Gasteiger partial charge in [-0.2, -0.15) is 5.26 Å². The van der Waals surface area contributed by atoms with Crippen LogP contribution in [0.3, 0.4) is 0 Å². The predicted molar refractivity (Wildman–Crippen MR) is 79.5 cm³/mol. The van der Waals surface area contributed by atoms with Crippen molar-refractivity contribution in [2.45, 2.75) is 32.7 Å². The monoisotopic (exact) mass is 259 g/mol. The van der Waals surface area contributed by atoms with Gasteiger partial charge in [0.15, 0.2) is 0 Å². The molecule has 1 aromatic rings. The van der Waals surface area contributed by atoms with E-state index in [-0.39, 0.29) is 0 Å². The normalized spacial score (nSPS) is 14.4. The molecule has 3 heteroatoms. The van der Waals surface area contributed by atoms with Gasteiger partial charge in [-0.3, -0.25) is 0 Å². The van der Waals surface area contributed by atoms with E-state index in [1.807, 2.05) is 30.3 Å². The van der Waals surface area contributed by atoms with Crippen molar-refractivity contribution >= 4 is 0 Å². The molecule has 0 aliphatic rings. The fourth-order valence-electron chi connectivity index (χ4n) is 2.23. The van der Waals surface area contributed by atoms with Gasteiger partial charge >= 0.3 is 0 Å². The van der Waals surface area contributed by atoms with Crippen LogP contribution in [-0.2, 0) is 5.54 Å². The molecule has 0 aliphatic heterocycles. The van der Waals surface area contributed by atoms with Crippen molar-refractivity contribution in [2.24, 2.45) is 11.7 Å². The Hall–Kier alpha value is -1.37. The van der Waals surface area contributed by atoms with E-state index in [0.29, 0.717) is 12.3 Å². The Balaban J connectivity index is 2.69. The molecule has 0 heterocycles. The third kappa shape index (κ3) is 4.66. The van der Waals surface area contributed by atoms with Crippen molar-refractivity contribution in [3.8, 4) is 6.07 Å². The number of hydrogen-bond acceptors (Lipinski definition) is 3. The van der Waals surface area contributed by atoms with Crippen LogP contribution in [0, 0.1) is 17.2 Å². The topological polar surface area (TPSA) is 53.0 Å². The van der Waals surface area contributed by atoms with E-state index in [1.54, 1.807) is 0 Å². The molecule has 1 unspecified atom stereocenters. The minimum atomic E-state index is -0.883. The molecular formula is C16H25N3. The largest absolute Gasteiger partial charge is 0.310 e. The van der Waals surface area contributed by atoms with Crippen LogP contribution < -0.4 is 5.73 Å². The van der Waals surface area contributed by atoms with Gasteiger partial charge in [0.25, 0.3) is 0 Å². The fourth-order valence-corrected chi connectivity index (χ4v) is 2.23. The van der Waals surface area contributed by atoms with E-state index in [1.165, 1.54) is 0 Å². The maximum absolute atomic E-state index is 9.41. The van der Waals surface area contributed by atoms with Gasteiger partial charge in [0.1, 0.15) is 5.54 Å². The molecule has 104 valence electrons. The summed E-state index contributed by atoms with van der Waals surface area (Å²) in [5.41, 5.74) is 6.28. The van der Waals surface area contributed by atoms with Crippen LogP contribution in [0.4, 0.5) is 0 Å². The number of rotatable bonds is 7. The summed E-state index contributed by atoms with van der Waals surface area (Å²) in [5.74, 6) is 0.630. The fraction of sp³-hybridized carbons (Fsp3) is 0.562. The van der Waals surface area contributed by atoms with Crippen LogP contribution in [0.15, 0.2) is 30.3 Å². The first-order valence-electron chi connectivity index (χ1n) is 7.00. The van der Waals surface area contributed by atoms with E-state index in [0.717, 1.165) is 25.2 Å². The standard InChI is InChI=1S/C16H25N3/c1-4-19(12-14(2)3)11-10-16(18,13-17)15-8-6-5-7-9-15/h5-9,14H,4,10-12,18H2,1-3H3. The lowest BCUT2D eigenvalue weighted by Gasteiger charge is -2.28. The maximum Gasteiger partial charge on any atom is 0.131 e. The highest BCUT2D eigenvalue weighted by Crippen LogP contribution is 2.21. The van der Waals surface area contributed by atoms with Crippen LogP contribution in [-0.4, -0.2) is 24.5 Å². The molecule has 0 spiro atoms. The minimum absolute atomic E-state index is 0.630. The lowest BCUT2D eigenvalue weighted by Crippen LogP contribution is -2.40. The Morgan fingerprint density at radius 3 is 2.42 bits per heavy atom. The van der Waals surface area contributed by atoms with Gasteiger partial charge in [0.2, 0.25) is 0 Å². The molecule has 0 aromatic heterocycles. The lowest BCUT2D eigenvalue weighted by atomic mass is 9.89. The number of nitriles is 1. The highest BCUT2D eigenvalue weighted by Gasteiger charge is 2.27. The van der Waals surface area contributed by atoms with Crippen molar-refractivity contribution in [1.82, 2.24) is 4.90 Å². The van der Waals surface area contributed by atoms with E-state index in [9.17, 15) is 5.26 Å². The van der Waals surface area contributed by atoms with Gasteiger partial charge in [0, 0.05) is 13.1 Å². The minimum Gasteiger partial charge on any atom is -0.310 e. The Bertz CT molecular complexity index is 408. The van der Waals surface area contributed by atoms with Gasteiger partial charge in [-0.05, 0) is 24.4 Å². The summed E-state index contributed by atoms with van der Waals surface area (Å²) in [5, 5.41) is 9.41. The molecule has 19 heavy (non-hydrogen) atoms. The van der Waals surface area contributed by atoms with Gasteiger partial charge in [-0.15, -0.1) is 0 Å². The Labute approximate surface area is 117 Å². The molecule has 0 bridgehead atoms. The smallest absolute Gasteiger partial charge is 0.131 e. The third-order valence-corrected chi connectivity index (χ3v) is 3.38. The third-order valence-electron chi connectivity index (χ3n) is 3.38. The molecule has 0 amide bonds. The van der Waals surface area contributed by atoms with E-state index in [2.05, 4.69) is 31.7 Å². The average molecular weight is 259 g/mol. The van der Waals surface area contributed by atoms with E-state index in [4.69, 9.17) is 5.73 Å². The van der Waals surface area contributed by atoms with Crippen molar-refractivity contribution < 1.29 is 0 Å². The molecule has 1 aromatic carbocycles. The zero-order chi connectivity index (χ0) is 14.3. The number of nitrogens with two attached hydrogens (primary N) is 1. The Morgan fingerprint density at radius 2 is 1.95 bits per heavy atom. The molecule has 2 N–H and O–H groups in total. The summed E-state index contributed by atoms with van der Waals surface area (Å²) >= 11 is 0.